The summed E-state index contributed by atoms with van der Waals surface area (Å²) >= 11 is 1.67. The van der Waals surface area contributed by atoms with E-state index in [0.29, 0.717) is 24.4 Å². The van der Waals surface area contributed by atoms with Gasteiger partial charge in [-0.25, -0.2) is 9.78 Å². The average Bonchev–Trinajstić information content (AvgIpc) is 3.61. The van der Waals surface area contributed by atoms with E-state index in [1.165, 1.54) is 0 Å². The topological polar surface area (TPSA) is 107 Å². The Hall–Kier alpha value is -5.39. The van der Waals surface area contributed by atoms with Gasteiger partial charge in [0.25, 0.3) is 0 Å². The van der Waals surface area contributed by atoms with Crippen LogP contribution in [0.3, 0.4) is 0 Å². The lowest BCUT2D eigenvalue weighted by Crippen LogP contribution is -2.31. The van der Waals surface area contributed by atoms with Gasteiger partial charge in [0.2, 0.25) is 0 Å². The van der Waals surface area contributed by atoms with Gasteiger partial charge < -0.3 is 34.5 Å². The van der Waals surface area contributed by atoms with Crippen LogP contribution in [-0.4, -0.2) is 32.5 Å². The smallest absolute Gasteiger partial charge is 0.319 e. The summed E-state index contributed by atoms with van der Waals surface area (Å²) in [4.78, 5) is 17.1. The number of aliphatic hydroxyl groups excluding tert-OH is 1. The number of imidazole rings is 1. The van der Waals surface area contributed by atoms with Crippen molar-refractivity contribution in [2.75, 3.05) is 11.1 Å². The molecule has 0 saturated carbocycles. The number of ether oxygens (including phenoxy) is 3. The maximum absolute atomic E-state index is 12.7. The van der Waals surface area contributed by atoms with E-state index >= 15 is 0 Å². The number of aromatic nitrogens is 2. The number of benzene rings is 5. The third-order valence-corrected chi connectivity index (χ3v) is 9.97. The van der Waals surface area contributed by atoms with Crippen molar-refractivity contribution in [3.63, 3.8) is 0 Å². The Morgan fingerprint density at radius 2 is 1.60 bits per heavy atom. The van der Waals surface area contributed by atoms with Crippen LogP contribution >= 0.6 is 11.8 Å². The Morgan fingerprint density at radius 3 is 2.33 bits per heavy atom. The van der Waals surface area contributed by atoms with Crippen LogP contribution in [0, 0.1) is 0 Å². The summed E-state index contributed by atoms with van der Waals surface area (Å²) in [6.07, 6.45) is 3.69. The van der Waals surface area contributed by atoms with Crippen LogP contribution in [-0.2, 0) is 29.7 Å². The van der Waals surface area contributed by atoms with Crippen molar-refractivity contribution in [2.24, 2.45) is 7.05 Å². The van der Waals surface area contributed by atoms with Gasteiger partial charge in [0.15, 0.2) is 11.4 Å². The number of carbonyl (C=O) groups is 1. The monoisotopic (exact) mass is 712 g/mol. The van der Waals surface area contributed by atoms with Gasteiger partial charge in [0.05, 0.1) is 18.8 Å². The molecule has 0 aliphatic carbocycles. The molecule has 9 nitrogen and oxygen atoms in total. The molecule has 3 N–H and O–H groups in total. The second kappa shape index (κ2) is 16.8. The van der Waals surface area contributed by atoms with E-state index in [4.69, 9.17) is 14.2 Å². The minimum Gasteiger partial charge on any atom is -0.457 e. The highest BCUT2D eigenvalue weighted by atomic mass is 32.2. The van der Waals surface area contributed by atoms with Crippen molar-refractivity contribution in [3.8, 4) is 22.6 Å². The first-order chi connectivity index (χ1) is 25.5. The molecule has 3 atom stereocenters. The lowest BCUT2D eigenvalue weighted by atomic mass is 9.99. The molecule has 6 aromatic rings. The normalized spacial score (nSPS) is 17.0. The molecule has 52 heavy (non-hydrogen) atoms. The van der Waals surface area contributed by atoms with Crippen molar-refractivity contribution in [1.29, 1.82) is 0 Å². The average molecular weight is 713 g/mol. The molecule has 3 unspecified atom stereocenters. The van der Waals surface area contributed by atoms with Gasteiger partial charge in [-0.1, -0.05) is 96.7 Å². The largest absolute Gasteiger partial charge is 0.457 e. The van der Waals surface area contributed by atoms with Crippen molar-refractivity contribution in [1.82, 2.24) is 14.9 Å². The van der Waals surface area contributed by atoms with Gasteiger partial charge in [-0.15, -0.1) is 0 Å². The quantitative estimate of drug-likeness (QED) is 0.109. The van der Waals surface area contributed by atoms with E-state index in [2.05, 4.69) is 52.0 Å². The summed E-state index contributed by atoms with van der Waals surface area (Å²) < 4.78 is 20.9. The van der Waals surface area contributed by atoms with E-state index in [-0.39, 0.29) is 24.8 Å². The fourth-order valence-electron chi connectivity index (χ4n) is 5.96. The molecule has 1 fully saturated rings. The summed E-state index contributed by atoms with van der Waals surface area (Å²) in [7, 11) is 1.99. The first kappa shape index (κ1) is 35.0. The molecule has 2 heterocycles. The van der Waals surface area contributed by atoms with Crippen molar-refractivity contribution in [3.05, 3.63) is 162 Å². The van der Waals surface area contributed by atoms with Crippen LogP contribution in [0.4, 0.5) is 10.5 Å². The van der Waals surface area contributed by atoms with Crippen LogP contribution in [0.25, 0.3) is 11.1 Å². The van der Waals surface area contributed by atoms with E-state index in [1.807, 2.05) is 109 Å². The number of para-hydroxylation sites is 1. The number of thioether (sulfide) groups is 1. The molecule has 264 valence electrons. The van der Waals surface area contributed by atoms with Gasteiger partial charge in [0.1, 0.15) is 11.5 Å². The van der Waals surface area contributed by atoms with Crippen LogP contribution < -0.4 is 15.4 Å². The molecule has 1 saturated heterocycles. The number of anilines is 1. The van der Waals surface area contributed by atoms with Gasteiger partial charge in [-0.3, -0.25) is 0 Å². The molecule has 0 radical (unpaired) electrons. The molecular formula is C42H40N4O5S. The Labute approximate surface area is 307 Å². The Morgan fingerprint density at radius 1 is 0.846 bits per heavy atom. The van der Waals surface area contributed by atoms with Gasteiger partial charge in [-0.05, 0) is 70.3 Å². The van der Waals surface area contributed by atoms with Gasteiger partial charge in [-0.2, -0.15) is 0 Å². The Balaban J connectivity index is 0.970. The predicted molar refractivity (Wildman–Crippen MR) is 203 cm³/mol. The van der Waals surface area contributed by atoms with E-state index in [1.54, 1.807) is 18.0 Å². The first-order valence-electron chi connectivity index (χ1n) is 17.2. The van der Waals surface area contributed by atoms with Crippen molar-refractivity contribution < 1.29 is 24.1 Å². The van der Waals surface area contributed by atoms with E-state index in [0.717, 1.165) is 50.0 Å². The summed E-state index contributed by atoms with van der Waals surface area (Å²) in [5.41, 5.74) is 6.58. The number of hydrogen-bond acceptors (Lipinski definition) is 7. The number of nitrogens with one attached hydrogen (secondary N) is 2. The fraction of sp³-hybridized carbons (Fsp3) is 0.190. The van der Waals surface area contributed by atoms with Gasteiger partial charge in [0, 0.05) is 49.4 Å². The summed E-state index contributed by atoms with van der Waals surface area (Å²) in [5.74, 6) is 2.18. The predicted octanol–water partition coefficient (Wildman–Crippen LogP) is 9.03. The van der Waals surface area contributed by atoms with Gasteiger partial charge >= 0.3 is 6.03 Å². The van der Waals surface area contributed by atoms with Crippen LogP contribution in [0.15, 0.2) is 145 Å². The lowest BCUT2D eigenvalue weighted by Gasteiger charge is -2.36. The molecule has 1 aliphatic rings. The minimum atomic E-state index is -0.543. The van der Waals surface area contributed by atoms with Crippen LogP contribution in [0.2, 0.25) is 0 Å². The number of nitrogens with zero attached hydrogens (tertiary/aromatic N) is 2. The zero-order valence-electron chi connectivity index (χ0n) is 28.7. The summed E-state index contributed by atoms with van der Waals surface area (Å²) in [6.45, 7) is 0.373. The molecule has 2 amide bonds. The number of carbonyl (C=O) groups excluding carboxylic acids is 1. The first-order valence-corrected chi connectivity index (χ1v) is 18.2. The maximum atomic E-state index is 12.7. The van der Waals surface area contributed by atoms with E-state index in [9.17, 15) is 9.90 Å². The number of urea groups is 1. The Bertz CT molecular complexity index is 2050. The SMILES string of the molecule is Cn1ccnc1SCC1CC(c2ccc(CO)cc2)OC(c2ccc(-c3cccc(CNC(=O)Nc4ccc(Oc5ccccc5)cc4)c3)cc2)O1. The summed E-state index contributed by atoms with van der Waals surface area (Å²) in [6, 6.07) is 40.8. The molecule has 10 heteroatoms. The van der Waals surface area contributed by atoms with Crippen LogP contribution in [0.1, 0.15) is 41.1 Å². The number of aryl methyl sites for hydroxylation is 1. The van der Waals surface area contributed by atoms with Crippen molar-refractivity contribution >= 4 is 23.5 Å². The number of aliphatic hydroxyl groups is 1. The maximum Gasteiger partial charge on any atom is 0.319 e. The zero-order chi connectivity index (χ0) is 35.7. The molecule has 5 aromatic carbocycles. The minimum absolute atomic E-state index is 0.00315. The van der Waals surface area contributed by atoms with Crippen LogP contribution in [0.5, 0.6) is 11.5 Å². The highest BCUT2D eigenvalue weighted by Crippen LogP contribution is 2.40. The molecule has 0 spiro atoms. The highest BCUT2D eigenvalue weighted by Gasteiger charge is 2.32. The third-order valence-electron chi connectivity index (χ3n) is 8.78. The van der Waals surface area contributed by atoms with E-state index < -0.39 is 6.29 Å². The summed E-state index contributed by atoms with van der Waals surface area (Å²) in [5, 5.41) is 16.3. The second-order valence-electron chi connectivity index (χ2n) is 12.6. The number of hydrogen-bond donors (Lipinski definition) is 3. The molecule has 1 aromatic heterocycles. The Kier molecular flexibility index (Phi) is 11.3. The zero-order valence-corrected chi connectivity index (χ0v) is 29.5. The highest BCUT2D eigenvalue weighted by molar-refractivity contribution is 7.99. The number of rotatable bonds is 12. The number of amides is 2. The second-order valence-corrected chi connectivity index (χ2v) is 13.5. The molecule has 1 aliphatic heterocycles. The fourth-order valence-corrected chi connectivity index (χ4v) is 6.91. The lowest BCUT2D eigenvalue weighted by molar-refractivity contribution is -0.245. The molecular weight excluding hydrogens is 673 g/mol. The molecule has 0 bridgehead atoms. The third kappa shape index (κ3) is 9.09. The standard InChI is InChI=1S/C42H40N4O5S/c1-46-23-22-43-42(46)52-28-38-25-39(32-12-10-29(27-47)11-13-32)51-40(50-38)33-16-14-31(15-17-33)34-7-5-6-30(24-34)26-44-41(48)45-35-18-20-37(21-19-35)49-36-8-3-2-4-9-36/h2-24,38-40,47H,25-28H2,1H3,(H2,44,45,48). The molecule has 7 rings (SSSR count). The van der Waals surface area contributed by atoms with Crippen molar-refractivity contribution in [2.45, 2.75) is 43.2 Å².